The Bertz CT molecular complexity index is 1170. The summed E-state index contributed by atoms with van der Waals surface area (Å²) in [6.45, 7) is 1.88. The minimum Gasteiger partial charge on any atom is -0.497 e. The third kappa shape index (κ3) is 5.94. The fourth-order valence-corrected chi connectivity index (χ4v) is 3.79. The number of furan rings is 1. The molecule has 0 atom stereocenters. The second-order valence-corrected chi connectivity index (χ2v) is 7.74. The minimum absolute atomic E-state index is 0.169. The van der Waals surface area contributed by atoms with Crippen molar-refractivity contribution in [1.82, 2.24) is 14.9 Å². The van der Waals surface area contributed by atoms with Crippen LogP contribution in [0.3, 0.4) is 0 Å². The van der Waals surface area contributed by atoms with E-state index in [1.165, 1.54) is 6.26 Å². The number of unbranched alkanes of at least 4 members (excludes halogenated alkanes) is 2. The number of aromatic nitrogens is 2. The molecule has 1 N–H and O–H groups in total. The van der Waals surface area contributed by atoms with Gasteiger partial charge in [0, 0.05) is 19.0 Å². The van der Waals surface area contributed by atoms with Gasteiger partial charge < -0.3 is 23.8 Å². The highest BCUT2D eigenvalue weighted by Crippen LogP contribution is 2.20. The van der Waals surface area contributed by atoms with E-state index in [1.54, 1.807) is 19.2 Å². The van der Waals surface area contributed by atoms with Gasteiger partial charge in [-0.1, -0.05) is 24.6 Å². The summed E-state index contributed by atoms with van der Waals surface area (Å²) < 4.78 is 18.6. The molecule has 33 heavy (non-hydrogen) atoms. The molecule has 0 unspecified atom stereocenters. The molecular formula is C26H29N3O4. The predicted molar refractivity (Wildman–Crippen MR) is 127 cm³/mol. The number of methoxy groups -OCH3 is 1. The van der Waals surface area contributed by atoms with Crippen LogP contribution in [0.1, 0.15) is 35.6 Å². The van der Waals surface area contributed by atoms with Crippen LogP contribution in [0.5, 0.6) is 11.5 Å². The van der Waals surface area contributed by atoms with Gasteiger partial charge in [0.2, 0.25) is 0 Å². The molecule has 7 nitrogen and oxygen atoms in total. The van der Waals surface area contributed by atoms with E-state index in [1.807, 2.05) is 42.5 Å². The number of hydrogen-bond donors (Lipinski definition) is 1. The molecule has 7 heteroatoms. The van der Waals surface area contributed by atoms with Crippen LogP contribution in [-0.4, -0.2) is 35.7 Å². The summed E-state index contributed by atoms with van der Waals surface area (Å²) in [6.07, 6.45) is 5.28. The van der Waals surface area contributed by atoms with Gasteiger partial charge in [0.15, 0.2) is 5.76 Å². The van der Waals surface area contributed by atoms with Crippen molar-refractivity contribution >= 4 is 16.9 Å². The van der Waals surface area contributed by atoms with Gasteiger partial charge in [-0.2, -0.15) is 0 Å². The summed E-state index contributed by atoms with van der Waals surface area (Å²) in [5, 5.41) is 2.89. The van der Waals surface area contributed by atoms with E-state index >= 15 is 0 Å². The van der Waals surface area contributed by atoms with E-state index in [0.29, 0.717) is 25.5 Å². The first kappa shape index (κ1) is 22.5. The van der Waals surface area contributed by atoms with Crippen molar-refractivity contribution < 1.29 is 18.7 Å². The van der Waals surface area contributed by atoms with E-state index in [9.17, 15) is 4.79 Å². The molecule has 0 saturated heterocycles. The van der Waals surface area contributed by atoms with Gasteiger partial charge in [-0.3, -0.25) is 4.79 Å². The summed E-state index contributed by atoms with van der Waals surface area (Å²) in [6, 6.07) is 19.2. The van der Waals surface area contributed by atoms with E-state index < -0.39 is 0 Å². The molecule has 2 aromatic carbocycles. The fourth-order valence-electron chi connectivity index (χ4n) is 3.79. The first-order valence-electron chi connectivity index (χ1n) is 11.3. The van der Waals surface area contributed by atoms with E-state index in [0.717, 1.165) is 54.0 Å². The van der Waals surface area contributed by atoms with Crippen LogP contribution in [0, 0.1) is 0 Å². The Morgan fingerprint density at radius 2 is 1.91 bits per heavy atom. The number of hydrogen-bond acceptors (Lipinski definition) is 5. The molecule has 0 radical (unpaired) electrons. The number of nitrogens with one attached hydrogen (secondary N) is 1. The Balaban J connectivity index is 1.28. The Labute approximate surface area is 193 Å². The maximum absolute atomic E-state index is 11.9. The number of nitrogens with zero attached hydrogens (tertiary/aromatic N) is 2. The van der Waals surface area contributed by atoms with Gasteiger partial charge in [-0.15, -0.1) is 0 Å². The van der Waals surface area contributed by atoms with Crippen LogP contribution >= 0.6 is 0 Å². The van der Waals surface area contributed by atoms with Gasteiger partial charge in [0.25, 0.3) is 5.91 Å². The molecule has 4 rings (SSSR count). The summed E-state index contributed by atoms with van der Waals surface area (Å²) in [5.41, 5.74) is 2.12. The summed E-state index contributed by atoms with van der Waals surface area (Å²) >= 11 is 0. The topological polar surface area (TPSA) is 78.5 Å². The molecule has 0 saturated carbocycles. The average molecular weight is 448 g/mol. The van der Waals surface area contributed by atoms with Crippen molar-refractivity contribution in [2.75, 3.05) is 20.3 Å². The number of para-hydroxylation sites is 2. The smallest absolute Gasteiger partial charge is 0.286 e. The van der Waals surface area contributed by atoms with Crippen LogP contribution in [0.4, 0.5) is 0 Å². The number of carbonyl (C=O) groups is 1. The maximum atomic E-state index is 11.9. The number of amides is 1. The molecule has 0 aliphatic heterocycles. The molecular weight excluding hydrogens is 418 g/mol. The predicted octanol–water partition coefficient (Wildman–Crippen LogP) is 4.86. The largest absolute Gasteiger partial charge is 0.497 e. The molecule has 4 aromatic rings. The van der Waals surface area contributed by atoms with Gasteiger partial charge in [-0.25, -0.2) is 4.98 Å². The Hall–Kier alpha value is -3.74. The Morgan fingerprint density at radius 3 is 2.76 bits per heavy atom. The van der Waals surface area contributed by atoms with Crippen LogP contribution in [0.2, 0.25) is 0 Å². The number of benzene rings is 2. The quantitative estimate of drug-likeness (QED) is 0.314. The number of imidazole rings is 1. The van der Waals surface area contributed by atoms with Crippen molar-refractivity contribution in [1.29, 1.82) is 0 Å². The summed E-state index contributed by atoms with van der Waals surface area (Å²) in [7, 11) is 1.65. The lowest BCUT2D eigenvalue weighted by molar-refractivity contribution is 0.0925. The van der Waals surface area contributed by atoms with Crippen molar-refractivity contribution in [3.05, 3.63) is 78.5 Å². The summed E-state index contributed by atoms with van der Waals surface area (Å²) in [4.78, 5) is 16.8. The molecule has 0 aliphatic rings. The second-order valence-electron chi connectivity index (χ2n) is 7.74. The summed E-state index contributed by atoms with van der Waals surface area (Å²) in [5.74, 6) is 2.81. The fraction of sp³-hybridized carbons (Fsp3) is 0.308. The molecule has 2 aromatic heterocycles. The van der Waals surface area contributed by atoms with E-state index in [-0.39, 0.29) is 5.91 Å². The van der Waals surface area contributed by atoms with Crippen molar-refractivity contribution in [2.45, 2.75) is 32.2 Å². The Kier molecular flexibility index (Phi) is 7.64. The molecule has 2 heterocycles. The third-order valence-corrected chi connectivity index (χ3v) is 5.47. The van der Waals surface area contributed by atoms with Crippen molar-refractivity contribution in [3.8, 4) is 11.5 Å². The van der Waals surface area contributed by atoms with Crippen LogP contribution < -0.4 is 14.8 Å². The molecule has 172 valence electrons. The standard InChI is InChI=1S/C26H29N3O4/c1-31-20-9-7-10-21(19-20)32-18-16-29-23-12-5-4-11-22(23)28-25(29)14-3-2-6-15-27-26(30)24-13-8-17-33-24/h4-5,7-13,17,19H,2-3,6,14-16,18H2,1H3,(H,27,30). The van der Waals surface area contributed by atoms with E-state index in [4.69, 9.17) is 18.9 Å². The zero-order chi connectivity index (χ0) is 22.9. The number of rotatable bonds is 12. The maximum Gasteiger partial charge on any atom is 0.286 e. The highest BCUT2D eigenvalue weighted by molar-refractivity contribution is 5.91. The highest BCUT2D eigenvalue weighted by Gasteiger charge is 2.11. The molecule has 0 bridgehead atoms. The van der Waals surface area contributed by atoms with Crippen LogP contribution in [0.25, 0.3) is 11.0 Å². The van der Waals surface area contributed by atoms with Gasteiger partial charge in [-0.05, 0) is 49.2 Å². The van der Waals surface area contributed by atoms with Crippen molar-refractivity contribution in [2.24, 2.45) is 0 Å². The molecule has 0 spiro atoms. The van der Waals surface area contributed by atoms with Crippen LogP contribution in [0.15, 0.2) is 71.3 Å². The van der Waals surface area contributed by atoms with Gasteiger partial charge >= 0.3 is 0 Å². The monoisotopic (exact) mass is 447 g/mol. The third-order valence-electron chi connectivity index (χ3n) is 5.47. The zero-order valence-corrected chi connectivity index (χ0v) is 18.8. The first-order chi connectivity index (χ1) is 16.2. The zero-order valence-electron chi connectivity index (χ0n) is 18.8. The van der Waals surface area contributed by atoms with Gasteiger partial charge in [0.1, 0.15) is 23.9 Å². The minimum atomic E-state index is -0.169. The number of fused-ring (bicyclic) bond motifs is 1. The van der Waals surface area contributed by atoms with Crippen LogP contribution in [-0.2, 0) is 13.0 Å². The molecule has 1 amide bonds. The van der Waals surface area contributed by atoms with Gasteiger partial charge in [0.05, 0.1) is 31.0 Å². The first-order valence-corrected chi connectivity index (χ1v) is 11.3. The number of carbonyl (C=O) groups excluding carboxylic acids is 1. The lowest BCUT2D eigenvalue weighted by Crippen LogP contribution is -2.23. The SMILES string of the molecule is COc1cccc(OCCn2c(CCCCCNC(=O)c3ccco3)nc3ccccc32)c1. The molecule has 0 aliphatic carbocycles. The van der Waals surface area contributed by atoms with E-state index in [2.05, 4.69) is 16.0 Å². The van der Waals surface area contributed by atoms with Crippen molar-refractivity contribution in [3.63, 3.8) is 0 Å². The second kappa shape index (κ2) is 11.2. The number of ether oxygens (including phenoxy) is 2. The normalized spacial score (nSPS) is 10.9. The molecule has 0 fully saturated rings. The lowest BCUT2D eigenvalue weighted by atomic mass is 10.2. The Morgan fingerprint density at radius 1 is 1.03 bits per heavy atom. The highest BCUT2D eigenvalue weighted by atomic mass is 16.5. The lowest BCUT2D eigenvalue weighted by Gasteiger charge is -2.11. The average Bonchev–Trinajstić information content (AvgIpc) is 3.50. The number of aryl methyl sites for hydroxylation is 1.